The van der Waals surface area contributed by atoms with Gasteiger partial charge in [0.05, 0.1) is 18.0 Å². The minimum atomic E-state index is -0.914. The molecule has 0 saturated heterocycles. The molecule has 2 aromatic carbocycles. The molecule has 3 aromatic rings. The van der Waals surface area contributed by atoms with Crippen molar-refractivity contribution in [1.82, 2.24) is 15.1 Å². The van der Waals surface area contributed by atoms with Gasteiger partial charge in [0.2, 0.25) is 5.91 Å². The average molecular weight is 401 g/mol. The number of benzene rings is 2. The summed E-state index contributed by atoms with van der Waals surface area (Å²) in [6.45, 7) is 4.96. The van der Waals surface area contributed by atoms with Crippen LogP contribution in [0.1, 0.15) is 22.5 Å². The van der Waals surface area contributed by atoms with E-state index in [2.05, 4.69) is 10.4 Å². The number of aromatic nitrogens is 2. The number of halogens is 2. The predicted octanol–water partition coefficient (Wildman–Crippen LogP) is 4.23. The molecule has 1 heterocycles. The molecule has 4 nitrogen and oxygen atoms in total. The second-order valence-corrected chi connectivity index (χ2v) is 7.48. The van der Waals surface area contributed by atoms with Crippen LogP contribution in [0.3, 0.4) is 0 Å². The SMILES string of the molecule is Cc1nn(Cc2ccccc2)c(C)c1CNC(=O)CSc1ccc(F)c(F)c1. The van der Waals surface area contributed by atoms with Crippen molar-refractivity contribution in [1.29, 1.82) is 0 Å². The highest BCUT2D eigenvalue weighted by atomic mass is 32.2. The van der Waals surface area contributed by atoms with Gasteiger partial charge in [-0.15, -0.1) is 11.8 Å². The molecule has 3 rings (SSSR count). The number of rotatable bonds is 7. The number of hydrogen-bond acceptors (Lipinski definition) is 3. The van der Waals surface area contributed by atoms with E-state index in [1.807, 2.05) is 48.9 Å². The van der Waals surface area contributed by atoms with Crippen molar-refractivity contribution in [3.8, 4) is 0 Å². The first-order valence-electron chi connectivity index (χ1n) is 8.85. The van der Waals surface area contributed by atoms with E-state index in [1.165, 1.54) is 6.07 Å². The molecule has 0 aliphatic rings. The van der Waals surface area contributed by atoms with Crippen molar-refractivity contribution < 1.29 is 13.6 Å². The van der Waals surface area contributed by atoms with Gasteiger partial charge in [-0.25, -0.2) is 8.78 Å². The van der Waals surface area contributed by atoms with Crippen LogP contribution in [0, 0.1) is 25.5 Å². The zero-order valence-electron chi connectivity index (χ0n) is 15.7. The van der Waals surface area contributed by atoms with Crippen LogP contribution >= 0.6 is 11.8 Å². The molecule has 0 aliphatic carbocycles. The number of hydrogen-bond donors (Lipinski definition) is 1. The Morgan fingerprint density at radius 2 is 1.86 bits per heavy atom. The Morgan fingerprint density at radius 3 is 2.57 bits per heavy atom. The molecule has 7 heteroatoms. The predicted molar refractivity (Wildman–Crippen MR) is 106 cm³/mol. The van der Waals surface area contributed by atoms with E-state index < -0.39 is 11.6 Å². The molecule has 0 saturated carbocycles. The number of nitrogens with one attached hydrogen (secondary N) is 1. The van der Waals surface area contributed by atoms with Crippen LogP contribution in [0.2, 0.25) is 0 Å². The molecule has 0 aliphatic heterocycles. The lowest BCUT2D eigenvalue weighted by Gasteiger charge is -2.08. The summed E-state index contributed by atoms with van der Waals surface area (Å²) in [4.78, 5) is 12.6. The highest BCUT2D eigenvalue weighted by Gasteiger charge is 2.13. The van der Waals surface area contributed by atoms with Crippen LogP contribution in [0.5, 0.6) is 0 Å². The van der Waals surface area contributed by atoms with Crippen LogP contribution in [0.25, 0.3) is 0 Å². The first kappa shape index (κ1) is 20.1. The number of thioether (sulfide) groups is 1. The standard InChI is InChI=1S/C21H21F2N3OS/c1-14-18(15(2)26(25-14)12-16-6-4-3-5-7-16)11-24-21(27)13-28-17-8-9-19(22)20(23)10-17/h3-10H,11-13H2,1-2H3,(H,24,27). The van der Waals surface area contributed by atoms with Crippen molar-refractivity contribution in [2.45, 2.75) is 31.8 Å². The van der Waals surface area contributed by atoms with E-state index in [1.54, 1.807) is 0 Å². The maximum Gasteiger partial charge on any atom is 0.230 e. The molecule has 0 bridgehead atoms. The number of aryl methyl sites for hydroxylation is 1. The maximum atomic E-state index is 13.2. The number of nitrogens with zero attached hydrogens (tertiary/aromatic N) is 2. The van der Waals surface area contributed by atoms with Crippen molar-refractivity contribution in [3.63, 3.8) is 0 Å². The second-order valence-electron chi connectivity index (χ2n) is 6.43. The fraction of sp³-hybridized carbons (Fsp3) is 0.238. The monoisotopic (exact) mass is 401 g/mol. The third-order valence-corrected chi connectivity index (χ3v) is 5.42. The van der Waals surface area contributed by atoms with E-state index >= 15 is 0 Å². The molecule has 1 aromatic heterocycles. The Labute approximate surface area is 167 Å². The van der Waals surface area contributed by atoms with Gasteiger partial charge in [0.25, 0.3) is 0 Å². The molecule has 0 unspecified atom stereocenters. The van der Waals surface area contributed by atoms with Gasteiger partial charge in [-0.2, -0.15) is 5.10 Å². The van der Waals surface area contributed by atoms with Gasteiger partial charge in [-0.1, -0.05) is 30.3 Å². The lowest BCUT2D eigenvalue weighted by atomic mass is 10.2. The lowest BCUT2D eigenvalue weighted by Crippen LogP contribution is -2.25. The van der Waals surface area contributed by atoms with Gasteiger partial charge >= 0.3 is 0 Å². The van der Waals surface area contributed by atoms with E-state index in [4.69, 9.17) is 0 Å². The van der Waals surface area contributed by atoms with Gasteiger partial charge < -0.3 is 5.32 Å². The van der Waals surface area contributed by atoms with Gasteiger partial charge in [-0.3, -0.25) is 9.48 Å². The van der Waals surface area contributed by atoms with E-state index in [9.17, 15) is 13.6 Å². The summed E-state index contributed by atoms with van der Waals surface area (Å²) in [7, 11) is 0. The molecule has 0 fully saturated rings. The molecular formula is C21H21F2N3OS. The minimum absolute atomic E-state index is 0.126. The molecular weight excluding hydrogens is 380 g/mol. The van der Waals surface area contributed by atoms with E-state index in [-0.39, 0.29) is 11.7 Å². The highest BCUT2D eigenvalue weighted by Crippen LogP contribution is 2.20. The van der Waals surface area contributed by atoms with Crippen LogP contribution in [-0.4, -0.2) is 21.4 Å². The lowest BCUT2D eigenvalue weighted by molar-refractivity contribution is -0.118. The molecule has 0 atom stereocenters. The van der Waals surface area contributed by atoms with Crippen LogP contribution in [0.4, 0.5) is 8.78 Å². The van der Waals surface area contributed by atoms with Crippen molar-refractivity contribution in [2.75, 3.05) is 5.75 Å². The van der Waals surface area contributed by atoms with Gasteiger partial charge in [0.15, 0.2) is 11.6 Å². The van der Waals surface area contributed by atoms with Crippen molar-refractivity contribution in [2.24, 2.45) is 0 Å². The van der Waals surface area contributed by atoms with Crippen molar-refractivity contribution in [3.05, 3.63) is 82.7 Å². The number of carbonyl (C=O) groups excluding carboxylic acids is 1. The van der Waals surface area contributed by atoms with Gasteiger partial charge in [-0.05, 0) is 37.6 Å². The smallest absolute Gasteiger partial charge is 0.230 e. The molecule has 1 amide bonds. The maximum absolute atomic E-state index is 13.2. The topological polar surface area (TPSA) is 46.9 Å². The summed E-state index contributed by atoms with van der Waals surface area (Å²) >= 11 is 1.16. The summed E-state index contributed by atoms with van der Waals surface area (Å²) < 4.78 is 28.1. The number of carbonyl (C=O) groups is 1. The first-order valence-corrected chi connectivity index (χ1v) is 9.84. The zero-order chi connectivity index (χ0) is 20.1. The van der Waals surface area contributed by atoms with Crippen LogP contribution < -0.4 is 5.32 Å². The van der Waals surface area contributed by atoms with E-state index in [0.29, 0.717) is 18.0 Å². The quantitative estimate of drug-likeness (QED) is 0.603. The molecule has 28 heavy (non-hydrogen) atoms. The average Bonchev–Trinajstić information content (AvgIpc) is 2.95. The van der Waals surface area contributed by atoms with Crippen LogP contribution in [0.15, 0.2) is 53.4 Å². The number of amides is 1. The molecule has 146 valence electrons. The van der Waals surface area contributed by atoms with Crippen LogP contribution in [-0.2, 0) is 17.9 Å². The normalized spacial score (nSPS) is 10.9. The molecule has 1 N–H and O–H groups in total. The third-order valence-electron chi connectivity index (χ3n) is 4.43. The molecule has 0 radical (unpaired) electrons. The Bertz CT molecular complexity index is 973. The van der Waals surface area contributed by atoms with Gasteiger partial charge in [0, 0.05) is 22.7 Å². The molecule has 0 spiro atoms. The summed E-state index contributed by atoms with van der Waals surface area (Å²) in [5.41, 5.74) is 4.03. The van der Waals surface area contributed by atoms with Gasteiger partial charge in [0.1, 0.15) is 0 Å². The minimum Gasteiger partial charge on any atom is -0.351 e. The zero-order valence-corrected chi connectivity index (χ0v) is 16.5. The van der Waals surface area contributed by atoms with Crippen molar-refractivity contribution >= 4 is 17.7 Å². The summed E-state index contributed by atoms with van der Waals surface area (Å²) in [5.74, 6) is -1.86. The summed E-state index contributed by atoms with van der Waals surface area (Å²) in [6.07, 6.45) is 0. The Balaban J connectivity index is 1.56. The van der Waals surface area contributed by atoms with E-state index in [0.717, 1.165) is 46.4 Å². The largest absolute Gasteiger partial charge is 0.351 e. The fourth-order valence-electron chi connectivity index (χ4n) is 2.85. The summed E-state index contributed by atoms with van der Waals surface area (Å²) in [5, 5.41) is 7.45. The first-order chi connectivity index (χ1) is 13.4. The fourth-order valence-corrected chi connectivity index (χ4v) is 3.60. The third kappa shape index (κ3) is 4.98. The Morgan fingerprint density at radius 1 is 1.11 bits per heavy atom. The highest BCUT2D eigenvalue weighted by molar-refractivity contribution is 8.00. The Kier molecular flexibility index (Phi) is 6.46. The second kappa shape index (κ2) is 9.01. The Hall–Kier alpha value is -2.67. The summed E-state index contributed by atoms with van der Waals surface area (Å²) in [6, 6.07) is 13.7.